The largest absolute Gasteiger partial charge is 0.377 e. The van der Waals surface area contributed by atoms with E-state index in [9.17, 15) is 0 Å². The van der Waals surface area contributed by atoms with Gasteiger partial charge >= 0.3 is 0 Å². The lowest BCUT2D eigenvalue weighted by Crippen LogP contribution is -2.42. The number of nitrogens with zero attached hydrogens (tertiary/aromatic N) is 2. The number of methoxy groups -OCH3 is 1. The van der Waals surface area contributed by atoms with Crippen LogP contribution in [0.15, 0.2) is 10.6 Å². The van der Waals surface area contributed by atoms with Gasteiger partial charge in [-0.1, -0.05) is 5.16 Å². The number of rotatable bonds is 5. The molecule has 1 saturated carbocycles. The van der Waals surface area contributed by atoms with E-state index in [-0.39, 0.29) is 5.79 Å². The molecule has 3 rings (SSSR count). The Kier molecular flexibility index (Phi) is 4.59. The second-order valence-electron chi connectivity index (χ2n) is 5.97. The van der Waals surface area contributed by atoms with Crippen molar-refractivity contribution in [2.75, 3.05) is 27.4 Å². The van der Waals surface area contributed by atoms with Gasteiger partial charge < -0.3 is 18.7 Å². The maximum absolute atomic E-state index is 5.78. The van der Waals surface area contributed by atoms with Crippen LogP contribution >= 0.6 is 0 Å². The molecule has 2 fully saturated rings. The van der Waals surface area contributed by atoms with Crippen LogP contribution in [0, 0.1) is 0 Å². The summed E-state index contributed by atoms with van der Waals surface area (Å²) in [5.74, 6) is 0.493. The molecule has 0 N–H and O–H groups in total. The monoisotopic (exact) mass is 296 g/mol. The Labute approximate surface area is 125 Å². The molecule has 1 saturated heterocycles. The van der Waals surface area contributed by atoms with Gasteiger partial charge in [0, 0.05) is 38.6 Å². The van der Waals surface area contributed by atoms with Crippen molar-refractivity contribution in [1.82, 2.24) is 10.1 Å². The van der Waals surface area contributed by atoms with Crippen LogP contribution in [0.4, 0.5) is 0 Å². The predicted octanol–water partition coefficient (Wildman–Crippen LogP) is 1.94. The Morgan fingerprint density at radius 3 is 2.71 bits per heavy atom. The zero-order valence-electron chi connectivity index (χ0n) is 12.8. The lowest BCUT2D eigenvalue weighted by molar-refractivity contribution is -0.183. The molecule has 2 aliphatic rings. The van der Waals surface area contributed by atoms with E-state index in [2.05, 4.69) is 17.1 Å². The van der Waals surface area contributed by atoms with E-state index in [0.717, 1.165) is 56.9 Å². The van der Waals surface area contributed by atoms with Crippen LogP contribution in [0.2, 0.25) is 0 Å². The molecule has 1 spiro atoms. The SMILES string of the molecule is COCc1cc(CN(C)C2CCC3(CC2)OCCO3)no1. The van der Waals surface area contributed by atoms with Gasteiger partial charge in [-0.2, -0.15) is 0 Å². The summed E-state index contributed by atoms with van der Waals surface area (Å²) in [5, 5.41) is 4.09. The minimum absolute atomic E-state index is 0.281. The standard InChI is InChI=1S/C15H24N2O4/c1-17(10-12-9-14(11-18-2)21-16-12)13-3-5-15(6-4-13)19-7-8-20-15/h9,13H,3-8,10-11H2,1-2H3. The molecule has 2 heterocycles. The molecular formula is C15H24N2O4. The number of hydrogen-bond acceptors (Lipinski definition) is 6. The topological polar surface area (TPSA) is 57.0 Å². The Balaban J connectivity index is 1.50. The van der Waals surface area contributed by atoms with E-state index in [4.69, 9.17) is 18.7 Å². The van der Waals surface area contributed by atoms with Gasteiger partial charge in [-0.05, 0) is 19.9 Å². The summed E-state index contributed by atoms with van der Waals surface area (Å²) in [6.45, 7) is 2.74. The lowest BCUT2D eigenvalue weighted by atomic mass is 9.89. The van der Waals surface area contributed by atoms with E-state index >= 15 is 0 Å². The Morgan fingerprint density at radius 2 is 2.05 bits per heavy atom. The first-order valence-electron chi connectivity index (χ1n) is 7.62. The van der Waals surface area contributed by atoms with Gasteiger partial charge in [0.2, 0.25) is 0 Å². The highest BCUT2D eigenvalue weighted by Gasteiger charge is 2.41. The molecule has 6 nitrogen and oxygen atoms in total. The summed E-state index contributed by atoms with van der Waals surface area (Å²) in [6, 6.07) is 2.51. The summed E-state index contributed by atoms with van der Waals surface area (Å²) in [4.78, 5) is 2.34. The molecule has 6 heteroatoms. The fourth-order valence-corrected chi connectivity index (χ4v) is 3.29. The van der Waals surface area contributed by atoms with Crippen molar-refractivity contribution in [3.05, 3.63) is 17.5 Å². The molecule has 1 aliphatic carbocycles. The highest BCUT2D eigenvalue weighted by molar-refractivity contribution is 5.04. The summed E-state index contributed by atoms with van der Waals surface area (Å²) >= 11 is 0. The van der Waals surface area contributed by atoms with Crippen molar-refractivity contribution < 1.29 is 18.7 Å². The van der Waals surface area contributed by atoms with Gasteiger partial charge in [0.25, 0.3) is 0 Å². The Bertz CT molecular complexity index is 446. The van der Waals surface area contributed by atoms with Crippen molar-refractivity contribution in [3.63, 3.8) is 0 Å². The second-order valence-corrected chi connectivity index (χ2v) is 5.97. The molecule has 0 atom stereocenters. The zero-order valence-corrected chi connectivity index (χ0v) is 12.8. The molecule has 1 aliphatic heterocycles. The van der Waals surface area contributed by atoms with Gasteiger partial charge in [0.05, 0.1) is 18.9 Å². The van der Waals surface area contributed by atoms with Crippen molar-refractivity contribution in [3.8, 4) is 0 Å². The van der Waals surface area contributed by atoms with Crippen LogP contribution < -0.4 is 0 Å². The fraction of sp³-hybridized carbons (Fsp3) is 0.800. The highest BCUT2D eigenvalue weighted by Crippen LogP contribution is 2.37. The first kappa shape index (κ1) is 15.0. The molecule has 0 aromatic carbocycles. The second kappa shape index (κ2) is 6.44. The molecule has 0 radical (unpaired) electrons. The normalized spacial score (nSPS) is 22.4. The average molecular weight is 296 g/mol. The molecule has 21 heavy (non-hydrogen) atoms. The number of hydrogen-bond donors (Lipinski definition) is 0. The van der Waals surface area contributed by atoms with Crippen LogP contribution in [0.3, 0.4) is 0 Å². The summed E-state index contributed by atoms with van der Waals surface area (Å²) in [5.41, 5.74) is 0.957. The van der Waals surface area contributed by atoms with Crippen molar-refractivity contribution in [2.24, 2.45) is 0 Å². The molecule has 0 amide bonds. The summed E-state index contributed by atoms with van der Waals surface area (Å²) < 4.78 is 21.8. The first-order chi connectivity index (χ1) is 10.2. The van der Waals surface area contributed by atoms with Crippen molar-refractivity contribution in [1.29, 1.82) is 0 Å². The van der Waals surface area contributed by atoms with Crippen molar-refractivity contribution in [2.45, 2.75) is 50.7 Å². The number of ether oxygens (including phenoxy) is 3. The van der Waals surface area contributed by atoms with E-state index in [1.54, 1.807) is 7.11 Å². The van der Waals surface area contributed by atoms with Crippen LogP contribution in [0.1, 0.15) is 37.1 Å². The smallest absolute Gasteiger partial charge is 0.168 e. The van der Waals surface area contributed by atoms with E-state index in [1.165, 1.54) is 0 Å². The minimum atomic E-state index is -0.281. The number of aromatic nitrogens is 1. The van der Waals surface area contributed by atoms with E-state index in [0.29, 0.717) is 12.6 Å². The molecule has 118 valence electrons. The first-order valence-corrected chi connectivity index (χ1v) is 7.62. The van der Waals surface area contributed by atoms with Crippen LogP contribution in [-0.2, 0) is 27.4 Å². The van der Waals surface area contributed by atoms with E-state index in [1.807, 2.05) is 6.07 Å². The van der Waals surface area contributed by atoms with Gasteiger partial charge in [-0.15, -0.1) is 0 Å². The zero-order chi connectivity index (χ0) is 14.7. The van der Waals surface area contributed by atoms with Gasteiger partial charge in [-0.25, -0.2) is 0 Å². The lowest BCUT2D eigenvalue weighted by Gasteiger charge is -2.38. The fourth-order valence-electron chi connectivity index (χ4n) is 3.29. The van der Waals surface area contributed by atoms with Crippen LogP contribution in [0.25, 0.3) is 0 Å². The summed E-state index contributed by atoms with van der Waals surface area (Å²) in [6.07, 6.45) is 4.16. The van der Waals surface area contributed by atoms with E-state index < -0.39 is 0 Å². The maximum atomic E-state index is 5.78. The van der Waals surface area contributed by atoms with Crippen molar-refractivity contribution >= 4 is 0 Å². The molecular weight excluding hydrogens is 272 g/mol. The third-order valence-corrected chi connectivity index (χ3v) is 4.46. The minimum Gasteiger partial charge on any atom is -0.377 e. The molecule has 0 bridgehead atoms. The Morgan fingerprint density at radius 1 is 1.33 bits per heavy atom. The predicted molar refractivity (Wildman–Crippen MR) is 75.6 cm³/mol. The quantitative estimate of drug-likeness (QED) is 0.827. The van der Waals surface area contributed by atoms with Crippen LogP contribution in [-0.4, -0.2) is 49.3 Å². The van der Waals surface area contributed by atoms with Gasteiger partial charge in [0.1, 0.15) is 6.61 Å². The molecule has 0 unspecified atom stereocenters. The third kappa shape index (κ3) is 3.45. The third-order valence-electron chi connectivity index (χ3n) is 4.46. The van der Waals surface area contributed by atoms with Gasteiger partial charge in [0.15, 0.2) is 11.5 Å². The molecule has 1 aromatic rings. The Hall–Kier alpha value is -0.950. The van der Waals surface area contributed by atoms with Crippen LogP contribution in [0.5, 0.6) is 0 Å². The average Bonchev–Trinajstić information content (AvgIpc) is 3.11. The maximum Gasteiger partial charge on any atom is 0.168 e. The highest BCUT2D eigenvalue weighted by atomic mass is 16.7. The summed E-state index contributed by atoms with van der Waals surface area (Å²) in [7, 11) is 3.79. The molecule has 1 aromatic heterocycles. The van der Waals surface area contributed by atoms with Gasteiger partial charge in [-0.3, -0.25) is 4.90 Å².